The second-order valence-corrected chi connectivity index (χ2v) is 2.89. The second-order valence-electron chi connectivity index (χ2n) is 2.89. The monoisotopic (exact) mass is 198 g/mol. The van der Waals surface area contributed by atoms with E-state index in [1.54, 1.807) is 12.5 Å². The van der Waals surface area contributed by atoms with E-state index in [1.165, 1.54) is 6.39 Å². The predicted octanol–water partition coefficient (Wildman–Crippen LogP) is 2.80. The molecule has 0 saturated heterocycles. The first-order chi connectivity index (χ1) is 7.45. The molecule has 0 radical (unpaired) electrons. The molecular formula is C12H10N2O. The van der Waals surface area contributed by atoms with Gasteiger partial charge in [-0.1, -0.05) is 18.2 Å². The van der Waals surface area contributed by atoms with Gasteiger partial charge in [-0.15, -0.1) is 0 Å². The molecule has 0 unspecified atom stereocenters. The molecule has 0 aromatic carbocycles. The fourth-order valence-electron chi connectivity index (χ4n) is 1.09. The zero-order valence-electron chi connectivity index (χ0n) is 8.08. The zero-order valence-corrected chi connectivity index (χ0v) is 8.08. The van der Waals surface area contributed by atoms with Gasteiger partial charge in [-0.05, 0) is 24.3 Å². The van der Waals surface area contributed by atoms with Gasteiger partial charge in [0, 0.05) is 6.20 Å². The van der Waals surface area contributed by atoms with Crippen LogP contribution in [0.4, 0.5) is 0 Å². The quantitative estimate of drug-likeness (QED) is 0.712. The van der Waals surface area contributed by atoms with Gasteiger partial charge in [-0.3, -0.25) is 4.98 Å². The van der Waals surface area contributed by atoms with Crippen molar-refractivity contribution >= 4 is 12.2 Å². The number of pyridine rings is 1. The Labute approximate surface area is 87.8 Å². The van der Waals surface area contributed by atoms with Crippen molar-refractivity contribution in [3.8, 4) is 0 Å². The lowest BCUT2D eigenvalue weighted by molar-refractivity contribution is 0.557. The normalized spacial score (nSPS) is 11.5. The second kappa shape index (κ2) is 4.91. The van der Waals surface area contributed by atoms with Gasteiger partial charge >= 0.3 is 0 Å². The Bertz CT molecular complexity index is 444. The molecule has 3 nitrogen and oxygen atoms in total. The number of hydrogen-bond donors (Lipinski definition) is 0. The zero-order chi connectivity index (χ0) is 10.3. The molecule has 0 spiro atoms. The Hall–Kier alpha value is -2.16. The maximum atomic E-state index is 4.83. The van der Waals surface area contributed by atoms with Crippen molar-refractivity contribution in [1.82, 2.24) is 9.97 Å². The van der Waals surface area contributed by atoms with Crippen LogP contribution in [-0.2, 0) is 0 Å². The van der Waals surface area contributed by atoms with Gasteiger partial charge in [-0.2, -0.15) is 0 Å². The highest BCUT2D eigenvalue weighted by atomic mass is 16.3. The molecule has 2 aromatic rings. The molecule has 74 valence electrons. The van der Waals surface area contributed by atoms with Crippen molar-refractivity contribution in [1.29, 1.82) is 0 Å². The largest absolute Gasteiger partial charge is 0.451 e. The Morgan fingerprint density at radius 1 is 1.00 bits per heavy atom. The van der Waals surface area contributed by atoms with Gasteiger partial charge in [0.2, 0.25) is 0 Å². The van der Waals surface area contributed by atoms with Crippen LogP contribution in [0.5, 0.6) is 0 Å². The minimum absolute atomic E-state index is 0.806. The molecule has 0 aliphatic carbocycles. The van der Waals surface area contributed by atoms with Crippen LogP contribution in [0.25, 0.3) is 12.2 Å². The number of allylic oxidation sites excluding steroid dienone is 2. The molecule has 2 aromatic heterocycles. The maximum absolute atomic E-state index is 4.83. The Kier molecular flexibility index (Phi) is 3.07. The number of rotatable bonds is 3. The summed E-state index contributed by atoms with van der Waals surface area (Å²) in [6, 6.07) is 5.79. The number of nitrogens with zero attached hydrogens (tertiary/aromatic N) is 2. The van der Waals surface area contributed by atoms with Gasteiger partial charge in [0.05, 0.1) is 5.69 Å². The van der Waals surface area contributed by atoms with E-state index in [0.29, 0.717) is 0 Å². The molecule has 0 amide bonds. The first-order valence-electron chi connectivity index (χ1n) is 4.59. The van der Waals surface area contributed by atoms with Crippen molar-refractivity contribution < 1.29 is 4.42 Å². The molecule has 0 N–H and O–H groups in total. The van der Waals surface area contributed by atoms with Crippen molar-refractivity contribution in [2.45, 2.75) is 0 Å². The fourth-order valence-corrected chi connectivity index (χ4v) is 1.09. The lowest BCUT2D eigenvalue weighted by atomic mass is 10.3. The van der Waals surface area contributed by atoms with Gasteiger partial charge < -0.3 is 4.42 Å². The van der Waals surface area contributed by atoms with E-state index in [2.05, 4.69) is 9.97 Å². The summed E-state index contributed by atoms with van der Waals surface area (Å²) >= 11 is 0. The van der Waals surface area contributed by atoms with Gasteiger partial charge in [0.1, 0.15) is 12.0 Å². The average Bonchev–Trinajstić information content (AvgIpc) is 2.79. The summed E-state index contributed by atoms with van der Waals surface area (Å²) in [5, 5.41) is 0. The van der Waals surface area contributed by atoms with Gasteiger partial charge in [0.15, 0.2) is 6.39 Å². The highest BCUT2D eigenvalue weighted by molar-refractivity contribution is 5.52. The van der Waals surface area contributed by atoms with E-state index in [-0.39, 0.29) is 0 Å². The van der Waals surface area contributed by atoms with E-state index in [4.69, 9.17) is 4.42 Å². The van der Waals surface area contributed by atoms with Crippen LogP contribution in [-0.4, -0.2) is 9.97 Å². The highest BCUT2D eigenvalue weighted by Gasteiger charge is 1.85. The van der Waals surface area contributed by atoms with E-state index in [1.807, 2.05) is 42.5 Å². The third-order valence-electron chi connectivity index (χ3n) is 1.78. The Morgan fingerprint density at radius 2 is 1.87 bits per heavy atom. The van der Waals surface area contributed by atoms with Crippen LogP contribution < -0.4 is 0 Å². The third-order valence-corrected chi connectivity index (χ3v) is 1.78. The molecule has 2 heterocycles. The smallest absolute Gasteiger partial charge is 0.181 e. The van der Waals surface area contributed by atoms with E-state index in [9.17, 15) is 0 Å². The minimum atomic E-state index is 0.806. The molecule has 3 heteroatoms. The summed E-state index contributed by atoms with van der Waals surface area (Å²) in [6.45, 7) is 0. The SMILES string of the molecule is C(C=Cc1cocn1)=Cc1ccccn1. The summed E-state index contributed by atoms with van der Waals surface area (Å²) < 4.78 is 4.83. The first kappa shape index (κ1) is 9.40. The van der Waals surface area contributed by atoms with E-state index < -0.39 is 0 Å². The molecule has 0 atom stereocenters. The van der Waals surface area contributed by atoms with Crippen LogP contribution in [0.2, 0.25) is 0 Å². The maximum Gasteiger partial charge on any atom is 0.181 e. The summed E-state index contributed by atoms with van der Waals surface area (Å²) in [7, 11) is 0. The molecule has 0 fully saturated rings. The van der Waals surface area contributed by atoms with Crippen molar-refractivity contribution in [3.05, 3.63) is 60.6 Å². The predicted molar refractivity (Wildman–Crippen MR) is 58.8 cm³/mol. The van der Waals surface area contributed by atoms with Gasteiger partial charge in [0.25, 0.3) is 0 Å². The molecule has 0 aliphatic rings. The summed E-state index contributed by atoms with van der Waals surface area (Å²) in [6.07, 6.45) is 12.4. The minimum Gasteiger partial charge on any atom is -0.451 e. The van der Waals surface area contributed by atoms with Crippen LogP contribution in [0, 0.1) is 0 Å². The molecule has 2 rings (SSSR count). The van der Waals surface area contributed by atoms with Crippen LogP contribution in [0.15, 0.2) is 53.6 Å². The van der Waals surface area contributed by atoms with E-state index in [0.717, 1.165) is 11.4 Å². The Morgan fingerprint density at radius 3 is 2.53 bits per heavy atom. The number of oxazole rings is 1. The van der Waals surface area contributed by atoms with Crippen molar-refractivity contribution in [2.24, 2.45) is 0 Å². The van der Waals surface area contributed by atoms with Crippen molar-refractivity contribution in [2.75, 3.05) is 0 Å². The lowest BCUT2D eigenvalue weighted by Gasteiger charge is -1.87. The molecule has 0 bridgehead atoms. The fraction of sp³-hybridized carbons (Fsp3) is 0. The van der Waals surface area contributed by atoms with Crippen LogP contribution >= 0.6 is 0 Å². The molecular weight excluding hydrogens is 188 g/mol. The Balaban J connectivity index is 1.96. The van der Waals surface area contributed by atoms with Crippen molar-refractivity contribution in [3.63, 3.8) is 0 Å². The number of hydrogen-bond acceptors (Lipinski definition) is 3. The van der Waals surface area contributed by atoms with E-state index >= 15 is 0 Å². The standard InChI is InChI=1S/C12H10N2O/c1(2-7-12-9-15-10-14-12)5-11-6-3-4-8-13-11/h1-10H. The first-order valence-corrected chi connectivity index (χ1v) is 4.59. The molecule has 15 heavy (non-hydrogen) atoms. The molecule has 0 saturated carbocycles. The number of aromatic nitrogens is 2. The summed E-state index contributed by atoms with van der Waals surface area (Å²) in [4.78, 5) is 8.12. The summed E-state index contributed by atoms with van der Waals surface area (Å²) in [5.41, 5.74) is 1.74. The summed E-state index contributed by atoms with van der Waals surface area (Å²) in [5.74, 6) is 0. The van der Waals surface area contributed by atoms with Gasteiger partial charge in [-0.25, -0.2) is 4.98 Å². The van der Waals surface area contributed by atoms with Crippen LogP contribution in [0.3, 0.4) is 0 Å². The molecule has 0 aliphatic heterocycles. The average molecular weight is 198 g/mol. The topological polar surface area (TPSA) is 38.9 Å². The third kappa shape index (κ3) is 2.91. The lowest BCUT2D eigenvalue weighted by Crippen LogP contribution is -1.75. The highest BCUT2D eigenvalue weighted by Crippen LogP contribution is 1.99. The van der Waals surface area contributed by atoms with Crippen LogP contribution in [0.1, 0.15) is 11.4 Å².